The Morgan fingerprint density at radius 1 is 0.408 bits per heavy atom. The predicted octanol–water partition coefficient (Wildman–Crippen LogP) is 12.5. The van der Waals surface area contributed by atoms with Crippen molar-refractivity contribution in [1.29, 1.82) is 0 Å². The zero-order valence-corrected chi connectivity index (χ0v) is 27.2. The highest BCUT2D eigenvalue weighted by molar-refractivity contribution is 7.26. The summed E-state index contributed by atoms with van der Waals surface area (Å²) >= 11 is 1.89. The van der Waals surface area contributed by atoms with Gasteiger partial charge in [-0.1, -0.05) is 97.1 Å². The molecule has 4 heteroatoms. The summed E-state index contributed by atoms with van der Waals surface area (Å²) in [5.41, 5.74) is 10.6. The highest BCUT2D eigenvalue weighted by Crippen LogP contribution is 2.46. The lowest BCUT2D eigenvalue weighted by atomic mass is 9.98. The smallest absolute Gasteiger partial charge is 0.0723 e. The molecule has 0 N–H and O–H groups in total. The number of pyridine rings is 1. The summed E-state index contributed by atoms with van der Waals surface area (Å²) in [7, 11) is 0. The molecule has 0 amide bonds. The molecule has 7 aromatic carbocycles. The fourth-order valence-corrected chi connectivity index (χ4v) is 9.36. The fourth-order valence-electron chi connectivity index (χ4n) is 8.09. The van der Waals surface area contributed by atoms with Crippen LogP contribution in [0.5, 0.6) is 0 Å². The van der Waals surface area contributed by atoms with Crippen molar-refractivity contribution >= 4 is 86.0 Å². The van der Waals surface area contributed by atoms with E-state index in [1.165, 1.54) is 80.6 Å². The molecule has 3 nitrogen and oxygen atoms in total. The molecule has 49 heavy (non-hydrogen) atoms. The van der Waals surface area contributed by atoms with Crippen LogP contribution in [0, 0.1) is 0 Å². The van der Waals surface area contributed by atoms with Crippen molar-refractivity contribution in [2.75, 3.05) is 0 Å². The number of hydrogen-bond acceptors (Lipinski definition) is 2. The molecule has 0 fully saturated rings. The van der Waals surface area contributed by atoms with Crippen molar-refractivity contribution in [2.24, 2.45) is 0 Å². The number of nitrogens with zero attached hydrogens (tertiary/aromatic N) is 3. The lowest BCUT2D eigenvalue weighted by Gasteiger charge is -2.16. The Labute approximate surface area is 285 Å². The minimum absolute atomic E-state index is 0.991. The molecule has 0 bridgehead atoms. The third-order valence-electron chi connectivity index (χ3n) is 10.2. The number of benzene rings is 7. The molecule has 0 aliphatic heterocycles. The van der Waals surface area contributed by atoms with Crippen LogP contribution in [0.25, 0.3) is 97.2 Å². The van der Waals surface area contributed by atoms with Gasteiger partial charge < -0.3 is 9.13 Å². The van der Waals surface area contributed by atoms with Gasteiger partial charge in [-0.25, -0.2) is 0 Å². The van der Waals surface area contributed by atoms with Crippen LogP contribution < -0.4 is 0 Å². The van der Waals surface area contributed by atoms with Gasteiger partial charge in [-0.05, 0) is 66.2 Å². The molecule has 0 radical (unpaired) electrons. The van der Waals surface area contributed by atoms with Gasteiger partial charge in [0, 0.05) is 58.9 Å². The first-order valence-corrected chi connectivity index (χ1v) is 17.5. The molecule has 0 atom stereocenters. The molecular weight excluding hydrogens is 615 g/mol. The second-order valence-electron chi connectivity index (χ2n) is 12.7. The third kappa shape index (κ3) is 3.75. The van der Waals surface area contributed by atoms with Gasteiger partial charge in [-0.15, -0.1) is 11.3 Å². The Kier molecular flexibility index (Phi) is 5.54. The van der Waals surface area contributed by atoms with E-state index >= 15 is 0 Å². The van der Waals surface area contributed by atoms with Crippen LogP contribution in [0.15, 0.2) is 164 Å². The highest BCUT2D eigenvalue weighted by Gasteiger charge is 2.22. The second-order valence-corrected chi connectivity index (χ2v) is 13.8. The lowest BCUT2D eigenvalue weighted by molar-refractivity contribution is 1.18. The summed E-state index contributed by atoms with van der Waals surface area (Å²) in [6.45, 7) is 0. The highest BCUT2D eigenvalue weighted by atomic mass is 32.1. The molecular formula is C45H27N3S. The van der Waals surface area contributed by atoms with E-state index in [1.54, 1.807) is 0 Å². The number of thiophene rings is 1. The van der Waals surface area contributed by atoms with Gasteiger partial charge in [0.05, 0.1) is 39.0 Å². The Hall–Kier alpha value is -6.23. The maximum Gasteiger partial charge on any atom is 0.0723 e. The van der Waals surface area contributed by atoms with Crippen molar-refractivity contribution in [3.8, 4) is 22.5 Å². The van der Waals surface area contributed by atoms with Gasteiger partial charge in [-0.2, -0.15) is 0 Å². The van der Waals surface area contributed by atoms with Gasteiger partial charge in [0.25, 0.3) is 0 Å². The number of aromatic nitrogens is 3. The first kappa shape index (κ1) is 26.8. The van der Waals surface area contributed by atoms with Gasteiger partial charge in [-0.3, -0.25) is 4.98 Å². The van der Waals surface area contributed by atoms with Crippen LogP contribution in [-0.4, -0.2) is 14.1 Å². The number of para-hydroxylation sites is 3. The molecule has 228 valence electrons. The molecule has 4 heterocycles. The average Bonchev–Trinajstić information content (AvgIpc) is 3.82. The standard InChI is InChI=1S/C45H27N3S/c1-5-17-37-29(11-1)30-12-2-6-18-38(30)47(37)41-25-24-34-33-14-4-8-21-43(33)49-45(34)44(41)28-22-23-32-31-13-3-7-19-39(31)48(42(32)27-28)40-20-9-16-36-35(40)15-10-26-46-36/h1-27H. The molecule has 0 unspecified atom stereocenters. The molecule has 0 saturated heterocycles. The largest absolute Gasteiger partial charge is 0.309 e. The minimum Gasteiger partial charge on any atom is -0.309 e. The monoisotopic (exact) mass is 641 g/mol. The zero-order chi connectivity index (χ0) is 32.1. The second kappa shape index (κ2) is 10.1. The maximum absolute atomic E-state index is 4.71. The molecule has 11 rings (SSSR count). The summed E-state index contributed by atoms with van der Waals surface area (Å²) in [4.78, 5) is 4.71. The normalized spacial score (nSPS) is 12.1. The van der Waals surface area contributed by atoms with E-state index in [1.807, 2.05) is 23.6 Å². The summed E-state index contributed by atoms with van der Waals surface area (Å²) in [6.07, 6.45) is 1.87. The van der Waals surface area contributed by atoms with Crippen molar-refractivity contribution < 1.29 is 0 Å². The SMILES string of the molecule is c1cc(-n2c3ccccc3c3ccc(-c4c(-n5c6ccccc6c6ccccc65)ccc5c4sc4ccccc45)cc32)c2cccnc2c1. The number of rotatable bonds is 3. The van der Waals surface area contributed by atoms with Gasteiger partial charge in [0.2, 0.25) is 0 Å². The van der Waals surface area contributed by atoms with Gasteiger partial charge in [0.15, 0.2) is 0 Å². The van der Waals surface area contributed by atoms with Crippen molar-refractivity contribution in [3.63, 3.8) is 0 Å². The van der Waals surface area contributed by atoms with E-state index in [9.17, 15) is 0 Å². The van der Waals surface area contributed by atoms with E-state index in [-0.39, 0.29) is 0 Å². The van der Waals surface area contributed by atoms with Gasteiger partial charge in [0.1, 0.15) is 0 Å². The van der Waals surface area contributed by atoms with Crippen LogP contribution in [0.3, 0.4) is 0 Å². The van der Waals surface area contributed by atoms with E-state index < -0.39 is 0 Å². The maximum atomic E-state index is 4.71. The van der Waals surface area contributed by atoms with Crippen molar-refractivity contribution in [3.05, 3.63) is 164 Å². The Morgan fingerprint density at radius 2 is 1.00 bits per heavy atom. The zero-order valence-electron chi connectivity index (χ0n) is 26.3. The van der Waals surface area contributed by atoms with E-state index in [2.05, 4.69) is 161 Å². The van der Waals surface area contributed by atoms with Gasteiger partial charge >= 0.3 is 0 Å². The summed E-state index contributed by atoms with van der Waals surface area (Å²) < 4.78 is 7.51. The lowest BCUT2D eigenvalue weighted by Crippen LogP contribution is -1.98. The topological polar surface area (TPSA) is 22.8 Å². The number of hydrogen-bond donors (Lipinski definition) is 0. The van der Waals surface area contributed by atoms with Crippen LogP contribution in [0.2, 0.25) is 0 Å². The van der Waals surface area contributed by atoms with Crippen molar-refractivity contribution in [1.82, 2.24) is 14.1 Å². The Balaban J connectivity index is 1.30. The first-order chi connectivity index (χ1) is 24.3. The van der Waals surface area contributed by atoms with Crippen LogP contribution in [-0.2, 0) is 0 Å². The summed E-state index contributed by atoms with van der Waals surface area (Å²) in [5.74, 6) is 0. The third-order valence-corrected chi connectivity index (χ3v) is 11.4. The van der Waals surface area contributed by atoms with Crippen LogP contribution >= 0.6 is 11.3 Å². The Morgan fingerprint density at radius 3 is 1.73 bits per heavy atom. The predicted molar refractivity (Wildman–Crippen MR) is 209 cm³/mol. The summed E-state index contributed by atoms with van der Waals surface area (Å²) in [6, 6.07) is 57.6. The molecule has 0 saturated carbocycles. The fraction of sp³-hybridized carbons (Fsp3) is 0. The minimum atomic E-state index is 0.991. The Bertz CT molecular complexity index is 3060. The average molecular weight is 642 g/mol. The molecule has 0 aliphatic carbocycles. The van der Waals surface area contributed by atoms with Crippen LogP contribution in [0.1, 0.15) is 0 Å². The van der Waals surface area contributed by atoms with E-state index in [4.69, 9.17) is 4.98 Å². The number of fused-ring (bicyclic) bond motifs is 10. The van der Waals surface area contributed by atoms with E-state index in [0.717, 1.165) is 16.6 Å². The molecule has 0 spiro atoms. The van der Waals surface area contributed by atoms with E-state index in [0.29, 0.717) is 0 Å². The van der Waals surface area contributed by atoms with Crippen molar-refractivity contribution in [2.45, 2.75) is 0 Å². The quantitative estimate of drug-likeness (QED) is 0.188. The molecule has 4 aromatic heterocycles. The summed E-state index contributed by atoms with van der Waals surface area (Å²) in [5, 5.41) is 8.74. The molecule has 11 aromatic rings. The molecule has 0 aliphatic rings. The first-order valence-electron chi connectivity index (χ1n) is 16.6. The van der Waals surface area contributed by atoms with Crippen LogP contribution in [0.4, 0.5) is 0 Å².